The molecular weight excluding hydrogens is 212 g/mol. The minimum Gasteiger partial charge on any atom is -0.477 e. The van der Waals surface area contributed by atoms with E-state index in [9.17, 15) is 4.79 Å². The quantitative estimate of drug-likeness (QED) is 0.771. The Morgan fingerprint density at radius 3 is 3.20 bits per heavy atom. The summed E-state index contributed by atoms with van der Waals surface area (Å²) >= 11 is 1.57. The van der Waals surface area contributed by atoms with Crippen LogP contribution in [0.5, 0.6) is 0 Å². The number of rotatable bonds is 1. The molecule has 1 aliphatic carbocycles. The van der Waals surface area contributed by atoms with Gasteiger partial charge in [-0.3, -0.25) is 0 Å². The van der Waals surface area contributed by atoms with Crippen LogP contribution < -0.4 is 0 Å². The van der Waals surface area contributed by atoms with Crippen molar-refractivity contribution in [2.24, 2.45) is 0 Å². The lowest BCUT2D eigenvalue weighted by Gasteiger charge is -2.09. The first-order chi connectivity index (χ1) is 7.25. The lowest BCUT2D eigenvalue weighted by atomic mass is 10.0. The summed E-state index contributed by atoms with van der Waals surface area (Å²) in [4.78, 5) is 19.1. The van der Waals surface area contributed by atoms with Crippen LogP contribution >= 0.6 is 11.3 Å². The van der Waals surface area contributed by atoms with E-state index in [1.807, 2.05) is 5.51 Å². The van der Waals surface area contributed by atoms with Crippen molar-refractivity contribution in [3.05, 3.63) is 28.7 Å². The van der Waals surface area contributed by atoms with Crippen molar-refractivity contribution in [1.29, 1.82) is 0 Å². The van der Waals surface area contributed by atoms with E-state index in [0.29, 0.717) is 0 Å². The summed E-state index contributed by atoms with van der Waals surface area (Å²) < 4.78 is 0. The van der Waals surface area contributed by atoms with Gasteiger partial charge in [0, 0.05) is 11.3 Å². The second kappa shape index (κ2) is 2.93. The van der Waals surface area contributed by atoms with E-state index in [0.717, 1.165) is 34.7 Å². The van der Waals surface area contributed by atoms with Gasteiger partial charge in [-0.1, -0.05) is 0 Å². The Morgan fingerprint density at radius 1 is 1.53 bits per heavy atom. The number of thiazole rings is 1. The molecule has 4 nitrogen and oxygen atoms in total. The lowest BCUT2D eigenvalue weighted by Crippen LogP contribution is -2.01. The van der Waals surface area contributed by atoms with Crippen LogP contribution in [0.3, 0.4) is 0 Å². The highest BCUT2D eigenvalue weighted by Crippen LogP contribution is 2.36. The molecule has 0 unspecified atom stereocenters. The van der Waals surface area contributed by atoms with Gasteiger partial charge in [-0.2, -0.15) is 0 Å². The number of nitrogens with zero attached hydrogens (tertiary/aromatic N) is 1. The predicted molar refractivity (Wildman–Crippen MR) is 56.3 cm³/mol. The molecule has 0 fully saturated rings. The van der Waals surface area contributed by atoms with Crippen molar-refractivity contribution in [2.45, 2.75) is 12.8 Å². The Hall–Kier alpha value is -1.62. The summed E-state index contributed by atoms with van der Waals surface area (Å²) in [5.41, 5.74) is 5.19. The van der Waals surface area contributed by atoms with Gasteiger partial charge >= 0.3 is 5.97 Å². The van der Waals surface area contributed by atoms with Crippen molar-refractivity contribution in [1.82, 2.24) is 9.97 Å². The van der Waals surface area contributed by atoms with E-state index in [2.05, 4.69) is 9.97 Å². The van der Waals surface area contributed by atoms with Crippen molar-refractivity contribution in [3.8, 4) is 10.4 Å². The van der Waals surface area contributed by atoms with E-state index in [-0.39, 0.29) is 5.69 Å². The molecule has 0 radical (unpaired) electrons. The number of hydrogen-bond acceptors (Lipinski definition) is 3. The Morgan fingerprint density at radius 2 is 2.40 bits per heavy atom. The summed E-state index contributed by atoms with van der Waals surface area (Å²) in [6.45, 7) is 0. The first-order valence-corrected chi connectivity index (χ1v) is 5.51. The maximum atomic E-state index is 10.8. The summed E-state index contributed by atoms with van der Waals surface area (Å²) in [6.07, 6.45) is 1.74. The van der Waals surface area contributed by atoms with Crippen LogP contribution in [0.4, 0.5) is 0 Å². The maximum absolute atomic E-state index is 10.8. The molecule has 0 aromatic carbocycles. The Balaban J connectivity index is 2.20. The molecule has 0 saturated carbocycles. The molecule has 1 aliphatic rings. The zero-order chi connectivity index (χ0) is 10.4. The van der Waals surface area contributed by atoms with Gasteiger partial charge < -0.3 is 10.1 Å². The highest BCUT2D eigenvalue weighted by molar-refractivity contribution is 7.13. The molecule has 15 heavy (non-hydrogen) atoms. The summed E-state index contributed by atoms with van der Waals surface area (Å²) in [5.74, 6) is -0.907. The number of H-pyrrole nitrogens is 1. The first kappa shape index (κ1) is 8.67. The van der Waals surface area contributed by atoms with Gasteiger partial charge in [-0.25, -0.2) is 9.78 Å². The average Bonchev–Trinajstić information content (AvgIpc) is 2.82. The van der Waals surface area contributed by atoms with Crippen LogP contribution in [-0.4, -0.2) is 21.0 Å². The average molecular weight is 220 g/mol. The standard InChI is InChI=1S/C10H8N2O2S/c13-10(14)8-3-5-6(12-8)1-2-7-9(5)15-4-11-7/h3-4,12H,1-2H2,(H,13,14). The first-order valence-electron chi connectivity index (χ1n) is 4.63. The Kier molecular flexibility index (Phi) is 1.70. The minimum absolute atomic E-state index is 0.265. The molecule has 2 N–H and O–H groups in total. The van der Waals surface area contributed by atoms with Crippen LogP contribution in [0.25, 0.3) is 10.4 Å². The zero-order valence-corrected chi connectivity index (χ0v) is 8.60. The highest BCUT2D eigenvalue weighted by atomic mass is 32.1. The number of aryl methyl sites for hydroxylation is 2. The molecule has 3 rings (SSSR count). The topological polar surface area (TPSA) is 66.0 Å². The monoisotopic (exact) mass is 220 g/mol. The van der Waals surface area contributed by atoms with E-state index in [1.54, 1.807) is 17.4 Å². The van der Waals surface area contributed by atoms with Crippen molar-refractivity contribution >= 4 is 17.3 Å². The number of carboxylic acid groups (broad SMARTS) is 1. The zero-order valence-electron chi connectivity index (χ0n) is 7.78. The largest absolute Gasteiger partial charge is 0.477 e. The van der Waals surface area contributed by atoms with Gasteiger partial charge in [-0.05, 0) is 18.9 Å². The summed E-state index contributed by atoms with van der Waals surface area (Å²) in [6, 6.07) is 1.70. The van der Waals surface area contributed by atoms with E-state index in [1.165, 1.54) is 0 Å². The van der Waals surface area contributed by atoms with Crippen LogP contribution in [0, 0.1) is 0 Å². The molecule has 5 heteroatoms. The maximum Gasteiger partial charge on any atom is 0.352 e. The third-order valence-electron chi connectivity index (χ3n) is 2.63. The third-order valence-corrected chi connectivity index (χ3v) is 3.53. The van der Waals surface area contributed by atoms with Crippen molar-refractivity contribution in [2.75, 3.05) is 0 Å². The van der Waals surface area contributed by atoms with Crippen LogP contribution in [0.1, 0.15) is 21.9 Å². The Bertz CT molecular complexity index is 541. The van der Waals surface area contributed by atoms with E-state index < -0.39 is 5.97 Å². The molecule has 0 amide bonds. The molecule has 0 aliphatic heterocycles. The van der Waals surface area contributed by atoms with Gasteiger partial charge in [-0.15, -0.1) is 11.3 Å². The number of hydrogen-bond donors (Lipinski definition) is 2. The molecule has 76 valence electrons. The fourth-order valence-corrected chi connectivity index (χ4v) is 2.81. The third kappa shape index (κ3) is 1.20. The second-order valence-electron chi connectivity index (χ2n) is 3.51. The van der Waals surface area contributed by atoms with Crippen molar-refractivity contribution in [3.63, 3.8) is 0 Å². The number of nitrogens with one attached hydrogen (secondary N) is 1. The molecule has 2 heterocycles. The SMILES string of the molecule is O=C(O)c1cc2c([nH]1)CCc1ncsc1-2. The van der Waals surface area contributed by atoms with Crippen LogP contribution in [-0.2, 0) is 12.8 Å². The fourth-order valence-electron chi connectivity index (χ4n) is 1.92. The Labute approximate surface area is 89.6 Å². The lowest BCUT2D eigenvalue weighted by molar-refractivity contribution is 0.0691. The molecule has 0 saturated heterocycles. The van der Waals surface area contributed by atoms with E-state index >= 15 is 0 Å². The highest BCUT2D eigenvalue weighted by Gasteiger charge is 2.22. The van der Waals surface area contributed by atoms with Gasteiger partial charge in [0.1, 0.15) is 5.69 Å². The number of fused-ring (bicyclic) bond motifs is 3. The van der Waals surface area contributed by atoms with Gasteiger partial charge in [0.15, 0.2) is 0 Å². The number of carbonyl (C=O) groups is 1. The van der Waals surface area contributed by atoms with Gasteiger partial charge in [0.2, 0.25) is 0 Å². The normalized spacial score (nSPS) is 13.3. The van der Waals surface area contributed by atoms with Crippen LogP contribution in [0.15, 0.2) is 11.6 Å². The molecule has 0 bridgehead atoms. The predicted octanol–water partition coefficient (Wildman–Crippen LogP) is 1.93. The molecule has 0 atom stereocenters. The summed E-state index contributed by atoms with van der Waals surface area (Å²) in [5, 5.41) is 8.89. The molecule has 2 aromatic heterocycles. The van der Waals surface area contributed by atoms with Crippen LogP contribution in [0.2, 0.25) is 0 Å². The smallest absolute Gasteiger partial charge is 0.352 e. The number of carboxylic acids is 1. The van der Waals surface area contributed by atoms with Gasteiger partial charge in [0.25, 0.3) is 0 Å². The number of aromatic amines is 1. The molecule has 2 aromatic rings. The fraction of sp³-hybridized carbons (Fsp3) is 0.200. The van der Waals surface area contributed by atoms with Crippen molar-refractivity contribution < 1.29 is 9.90 Å². The van der Waals surface area contributed by atoms with Gasteiger partial charge in [0.05, 0.1) is 16.1 Å². The van der Waals surface area contributed by atoms with E-state index in [4.69, 9.17) is 5.11 Å². The minimum atomic E-state index is -0.907. The number of aromatic nitrogens is 2. The number of aromatic carboxylic acids is 1. The summed E-state index contributed by atoms with van der Waals surface area (Å²) in [7, 11) is 0. The molecular formula is C10H8N2O2S. The molecule has 0 spiro atoms. The second-order valence-corrected chi connectivity index (χ2v) is 4.36.